The molecule has 4 heterocycles. The minimum Gasteiger partial charge on any atom is -0.354 e. The summed E-state index contributed by atoms with van der Waals surface area (Å²) >= 11 is 3.33. The van der Waals surface area contributed by atoms with Gasteiger partial charge in [-0.1, -0.05) is 36.4 Å². The average Bonchev–Trinajstić information content (AvgIpc) is 3.38. The fourth-order valence-corrected chi connectivity index (χ4v) is 5.54. The van der Waals surface area contributed by atoms with Gasteiger partial charge < -0.3 is 9.80 Å². The monoisotopic (exact) mass is 434 g/mol. The van der Waals surface area contributed by atoms with E-state index in [2.05, 4.69) is 46.0 Å². The zero-order chi connectivity index (χ0) is 20.5. The van der Waals surface area contributed by atoms with Gasteiger partial charge in [0.15, 0.2) is 5.82 Å². The van der Waals surface area contributed by atoms with Crippen LogP contribution in [0.5, 0.6) is 0 Å². The third-order valence-corrected chi connectivity index (χ3v) is 7.22. The number of amides is 1. The predicted molar refractivity (Wildman–Crippen MR) is 125 cm³/mol. The number of benzene rings is 1. The second-order valence-electron chi connectivity index (χ2n) is 7.39. The standard InChI is InChI=1S/C23H22N4OS2/c1-16(28)26-10-6-11-27(13-12-26)22-20-18(17-7-3-2-4-8-17)15-30-23(20)25-21(24-22)19-9-5-14-29-19/h2-5,7-9,14-15H,6,10-13H2,1H3. The zero-order valence-corrected chi connectivity index (χ0v) is 18.4. The van der Waals surface area contributed by atoms with E-state index in [0.29, 0.717) is 0 Å². The molecule has 5 rings (SSSR count). The number of rotatable bonds is 3. The Morgan fingerprint density at radius 3 is 2.60 bits per heavy atom. The molecule has 1 saturated heterocycles. The van der Waals surface area contributed by atoms with E-state index in [1.807, 2.05) is 17.0 Å². The minimum absolute atomic E-state index is 0.143. The molecular formula is C23H22N4OS2. The average molecular weight is 435 g/mol. The topological polar surface area (TPSA) is 49.3 Å². The number of aromatic nitrogens is 2. The Balaban J connectivity index is 1.65. The highest BCUT2D eigenvalue weighted by Crippen LogP contribution is 2.40. The van der Waals surface area contributed by atoms with Gasteiger partial charge in [0.2, 0.25) is 5.91 Å². The Morgan fingerprint density at radius 1 is 0.967 bits per heavy atom. The van der Waals surface area contributed by atoms with Crippen molar-refractivity contribution < 1.29 is 4.79 Å². The van der Waals surface area contributed by atoms with Crippen molar-refractivity contribution >= 4 is 44.6 Å². The fourth-order valence-electron chi connectivity index (χ4n) is 3.94. The van der Waals surface area contributed by atoms with Crippen LogP contribution in [0.3, 0.4) is 0 Å². The van der Waals surface area contributed by atoms with Gasteiger partial charge in [-0.15, -0.1) is 22.7 Å². The Hall–Kier alpha value is -2.77. The molecular weight excluding hydrogens is 412 g/mol. The number of hydrogen-bond donors (Lipinski definition) is 0. The van der Waals surface area contributed by atoms with Crippen molar-refractivity contribution in [2.24, 2.45) is 0 Å². The number of carbonyl (C=O) groups is 1. The predicted octanol–water partition coefficient (Wildman–Crippen LogP) is 5.15. The molecule has 1 fully saturated rings. The fraction of sp³-hybridized carbons (Fsp3) is 0.261. The van der Waals surface area contributed by atoms with E-state index in [1.165, 1.54) is 11.1 Å². The number of hydrogen-bond acceptors (Lipinski definition) is 6. The van der Waals surface area contributed by atoms with Crippen molar-refractivity contribution in [1.82, 2.24) is 14.9 Å². The summed E-state index contributed by atoms with van der Waals surface area (Å²) in [5, 5.41) is 5.36. The first kappa shape index (κ1) is 19.2. The molecule has 7 heteroatoms. The summed E-state index contributed by atoms with van der Waals surface area (Å²) in [5.41, 5.74) is 2.36. The lowest BCUT2D eigenvalue weighted by Gasteiger charge is -2.24. The van der Waals surface area contributed by atoms with Crippen LogP contribution in [0.2, 0.25) is 0 Å². The Bertz CT molecular complexity index is 1170. The zero-order valence-electron chi connectivity index (χ0n) is 16.7. The Kier molecular flexibility index (Phi) is 5.23. The summed E-state index contributed by atoms with van der Waals surface area (Å²) in [6, 6.07) is 14.5. The van der Waals surface area contributed by atoms with Crippen molar-refractivity contribution in [1.29, 1.82) is 0 Å². The van der Waals surface area contributed by atoms with Crippen molar-refractivity contribution in [2.45, 2.75) is 13.3 Å². The van der Waals surface area contributed by atoms with Gasteiger partial charge in [-0.25, -0.2) is 9.97 Å². The highest BCUT2D eigenvalue weighted by atomic mass is 32.1. The minimum atomic E-state index is 0.143. The molecule has 0 N–H and O–H groups in total. The van der Waals surface area contributed by atoms with Gasteiger partial charge in [0.05, 0.1) is 10.3 Å². The van der Waals surface area contributed by atoms with E-state index >= 15 is 0 Å². The van der Waals surface area contributed by atoms with Crippen LogP contribution in [0.25, 0.3) is 32.0 Å². The first-order chi connectivity index (χ1) is 14.7. The molecule has 0 unspecified atom stereocenters. The molecule has 0 radical (unpaired) electrons. The van der Waals surface area contributed by atoms with E-state index in [1.54, 1.807) is 29.6 Å². The summed E-state index contributed by atoms with van der Waals surface area (Å²) < 4.78 is 0. The van der Waals surface area contributed by atoms with Crippen LogP contribution in [0.15, 0.2) is 53.2 Å². The highest BCUT2D eigenvalue weighted by molar-refractivity contribution is 7.17. The second-order valence-corrected chi connectivity index (χ2v) is 9.20. The SMILES string of the molecule is CC(=O)N1CCCN(c2nc(-c3cccs3)nc3scc(-c4ccccc4)c23)CC1. The molecule has 1 aliphatic heterocycles. The molecule has 0 spiro atoms. The molecule has 0 saturated carbocycles. The molecule has 0 bridgehead atoms. The number of nitrogens with zero attached hydrogens (tertiary/aromatic N) is 4. The lowest BCUT2D eigenvalue weighted by Crippen LogP contribution is -2.34. The lowest BCUT2D eigenvalue weighted by molar-refractivity contribution is -0.128. The van der Waals surface area contributed by atoms with Gasteiger partial charge in [0, 0.05) is 44.0 Å². The molecule has 1 aliphatic rings. The second kappa shape index (κ2) is 8.16. The van der Waals surface area contributed by atoms with Gasteiger partial charge in [-0.2, -0.15) is 0 Å². The maximum absolute atomic E-state index is 11.9. The lowest BCUT2D eigenvalue weighted by atomic mass is 10.1. The maximum atomic E-state index is 11.9. The number of carbonyl (C=O) groups excluding carboxylic acids is 1. The van der Waals surface area contributed by atoms with Crippen LogP contribution < -0.4 is 4.90 Å². The highest BCUT2D eigenvalue weighted by Gasteiger charge is 2.23. The van der Waals surface area contributed by atoms with Crippen LogP contribution in [-0.2, 0) is 4.79 Å². The number of thiophene rings is 2. The summed E-state index contributed by atoms with van der Waals surface area (Å²) in [4.78, 5) is 28.2. The van der Waals surface area contributed by atoms with E-state index < -0.39 is 0 Å². The van der Waals surface area contributed by atoms with Crippen molar-refractivity contribution in [3.05, 3.63) is 53.2 Å². The molecule has 30 heavy (non-hydrogen) atoms. The summed E-state index contributed by atoms with van der Waals surface area (Å²) in [5.74, 6) is 1.90. The summed E-state index contributed by atoms with van der Waals surface area (Å²) in [6.07, 6.45) is 0.935. The normalized spacial score (nSPS) is 14.8. The van der Waals surface area contributed by atoms with Crippen LogP contribution in [0.4, 0.5) is 5.82 Å². The van der Waals surface area contributed by atoms with E-state index in [0.717, 1.165) is 59.3 Å². The quantitative estimate of drug-likeness (QED) is 0.448. The molecule has 1 amide bonds. The maximum Gasteiger partial charge on any atom is 0.219 e. The van der Waals surface area contributed by atoms with Gasteiger partial charge in [-0.3, -0.25) is 4.79 Å². The number of fused-ring (bicyclic) bond motifs is 1. The van der Waals surface area contributed by atoms with Gasteiger partial charge in [0.1, 0.15) is 10.6 Å². The van der Waals surface area contributed by atoms with Crippen LogP contribution in [0, 0.1) is 0 Å². The van der Waals surface area contributed by atoms with E-state index in [9.17, 15) is 4.79 Å². The molecule has 0 aliphatic carbocycles. The van der Waals surface area contributed by atoms with E-state index in [-0.39, 0.29) is 5.91 Å². The molecule has 1 aromatic carbocycles. The molecule has 4 aromatic rings. The van der Waals surface area contributed by atoms with Gasteiger partial charge >= 0.3 is 0 Å². The van der Waals surface area contributed by atoms with Crippen LogP contribution in [0.1, 0.15) is 13.3 Å². The third-order valence-electron chi connectivity index (χ3n) is 5.48. The molecule has 152 valence electrons. The van der Waals surface area contributed by atoms with Crippen molar-refractivity contribution in [3.8, 4) is 21.8 Å². The molecule has 5 nitrogen and oxygen atoms in total. The summed E-state index contributed by atoms with van der Waals surface area (Å²) in [7, 11) is 0. The Morgan fingerprint density at radius 2 is 1.83 bits per heavy atom. The van der Waals surface area contributed by atoms with Crippen molar-refractivity contribution in [3.63, 3.8) is 0 Å². The van der Waals surface area contributed by atoms with Gasteiger partial charge in [-0.05, 0) is 23.4 Å². The van der Waals surface area contributed by atoms with Crippen molar-refractivity contribution in [2.75, 3.05) is 31.1 Å². The first-order valence-corrected chi connectivity index (χ1v) is 11.9. The molecule has 0 atom stereocenters. The largest absolute Gasteiger partial charge is 0.354 e. The van der Waals surface area contributed by atoms with E-state index in [4.69, 9.17) is 9.97 Å². The third kappa shape index (κ3) is 3.59. The van der Waals surface area contributed by atoms with Gasteiger partial charge in [0.25, 0.3) is 0 Å². The molecule has 3 aromatic heterocycles. The smallest absolute Gasteiger partial charge is 0.219 e. The number of anilines is 1. The first-order valence-electron chi connectivity index (χ1n) is 10.1. The summed E-state index contributed by atoms with van der Waals surface area (Å²) in [6.45, 7) is 4.83. The van der Waals surface area contributed by atoms with Crippen LogP contribution in [-0.4, -0.2) is 47.0 Å². The Labute approximate surface area is 183 Å². The van der Waals surface area contributed by atoms with Crippen LogP contribution >= 0.6 is 22.7 Å².